The molecular formula is C30H39N5O4S. The molecule has 3 N–H and O–H groups in total. The van der Waals surface area contributed by atoms with Crippen LogP contribution in [0.25, 0.3) is 0 Å². The zero-order chi connectivity index (χ0) is 28.0. The minimum Gasteiger partial charge on any atom is -0.381 e. The summed E-state index contributed by atoms with van der Waals surface area (Å²) in [6.07, 6.45) is 9.87. The van der Waals surface area contributed by atoms with E-state index in [4.69, 9.17) is 4.74 Å². The summed E-state index contributed by atoms with van der Waals surface area (Å²) in [5.41, 5.74) is 0.428. The van der Waals surface area contributed by atoms with Crippen LogP contribution in [0.15, 0.2) is 48.7 Å². The van der Waals surface area contributed by atoms with E-state index in [0.717, 1.165) is 23.3 Å². The number of hydrogen-bond acceptors (Lipinski definition) is 7. The first kappa shape index (κ1) is 28.4. The number of ether oxygens (including phenoxy) is 1. The van der Waals surface area contributed by atoms with Crippen LogP contribution >= 0.6 is 11.3 Å². The lowest BCUT2D eigenvalue weighted by molar-refractivity contribution is -0.140. The van der Waals surface area contributed by atoms with E-state index in [2.05, 4.69) is 38.0 Å². The van der Waals surface area contributed by atoms with E-state index in [1.54, 1.807) is 6.20 Å². The number of amides is 3. The van der Waals surface area contributed by atoms with Crippen molar-refractivity contribution in [2.24, 2.45) is 11.3 Å². The second-order valence-corrected chi connectivity index (χ2v) is 12.5. The normalized spacial score (nSPS) is 25.7. The summed E-state index contributed by atoms with van der Waals surface area (Å²) in [6, 6.07) is 9.13. The maximum absolute atomic E-state index is 13.7. The lowest BCUT2D eigenvalue weighted by atomic mass is 9.75. The Morgan fingerprint density at radius 1 is 1.18 bits per heavy atom. The molecule has 1 spiro atoms. The fraction of sp³-hybridized carbons (Fsp3) is 0.533. The second kappa shape index (κ2) is 13.1. The Bertz CT molecular complexity index is 1210. The molecule has 2 saturated heterocycles. The van der Waals surface area contributed by atoms with Gasteiger partial charge in [-0.25, -0.2) is 4.98 Å². The minimum absolute atomic E-state index is 0.0373. The molecule has 3 amide bonds. The Hall–Kier alpha value is -3.08. The molecule has 2 aromatic rings. The average molecular weight is 566 g/mol. The summed E-state index contributed by atoms with van der Waals surface area (Å²) in [7, 11) is 0. The number of aromatic nitrogens is 1. The van der Waals surface area contributed by atoms with Crippen molar-refractivity contribution >= 4 is 34.2 Å². The van der Waals surface area contributed by atoms with Gasteiger partial charge < -0.3 is 20.7 Å². The molecule has 0 unspecified atom stereocenters. The van der Waals surface area contributed by atoms with Crippen molar-refractivity contribution in [3.8, 4) is 0 Å². The van der Waals surface area contributed by atoms with Crippen LogP contribution in [-0.2, 0) is 25.5 Å². The smallest absolute Gasteiger partial charge is 0.243 e. The number of anilines is 1. The fourth-order valence-corrected chi connectivity index (χ4v) is 6.65. The van der Waals surface area contributed by atoms with Crippen LogP contribution in [-0.4, -0.2) is 72.5 Å². The van der Waals surface area contributed by atoms with Crippen LogP contribution in [0.2, 0.25) is 0 Å². The van der Waals surface area contributed by atoms with E-state index in [1.807, 2.05) is 37.3 Å². The van der Waals surface area contributed by atoms with Crippen LogP contribution in [0.5, 0.6) is 0 Å². The Morgan fingerprint density at radius 2 is 1.98 bits per heavy atom. The third-order valence-electron chi connectivity index (χ3n) is 8.33. The van der Waals surface area contributed by atoms with Gasteiger partial charge in [-0.15, -0.1) is 11.3 Å². The average Bonchev–Trinajstić information content (AvgIpc) is 3.36. The first-order valence-corrected chi connectivity index (χ1v) is 15.0. The van der Waals surface area contributed by atoms with Gasteiger partial charge in [-0.1, -0.05) is 42.5 Å². The molecule has 1 aromatic carbocycles. The van der Waals surface area contributed by atoms with Crippen molar-refractivity contribution in [2.75, 3.05) is 38.2 Å². The summed E-state index contributed by atoms with van der Waals surface area (Å²) in [5.74, 6) is -0.135. The molecular weight excluding hydrogens is 526 g/mol. The van der Waals surface area contributed by atoms with Crippen molar-refractivity contribution in [1.82, 2.24) is 20.5 Å². The van der Waals surface area contributed by atoms with Crippen molar-refractivity contribution in [3.63, 3.8) is 0 Å². The van der Waals surface area contributed by atoms with Gasteiger partial charge in [-0.05, 0) is 50.5 Å². The molecule has 3 aliphatic rings. The third-order valence-corrected chi connectivity index (χ3v) is 9.16. The van der Waals surface area contributed by atoms with Crippen molar-refractivity contribution in [2.45, 2.75) is 57.5 Å². The largest absolute Gasteiger partial charge is 0.381 e. The molecule has 214 valence electrons. The highest BCUT2D eigenvalue weighted by Crippen LogP contribution is 2.36. The molecule has 0 saturated carbocycles. The summed E-state index contributed by atoms with van der Waals surface area (Å²) >= 11 is 1.46. The van der Waals surface area contributed by atoms with Gasteiger partial charge in [0.1, 0.15) is 6.04 Å². The van der Waals surface area contributed by atoms with Crippen LogP contribution in [0.3, 0.4) is 0 Å². The number of carbonyl (C=O) groups excluding carboxylic acids is 3. The molecule has 0 radical (unpaired) electrons. The van der Waals surface area contributed by atoms with Crippen LogP contribution in [0.1, 0.15) is 42.5 Å². The van der Waals surface area contributed by atoms with E-state index in [-0.39, 0.29) is 36.2 Å². The summed E-state index contributed by atoms with van der Waals surface area (Å²) in [5, 5.41) is 9.95. The van der Waals surface area contributed by atoms with Crippen LogP contribution < -0.4 is 16.0 Å². The van der Waals surface area contributed by atoms with Crippen LogP contribution in [0, 0.1) is 18.3 Å². The maximum atomic E-state index is 13.7. The minimum atomic E-state index is -0.663. The van der Waals surface area contributed by atoms with Gasteiger partial charge in [0, 0.05) is 49.8 Å². The summed E-state index contributed by atoms with van der Waals surface area (Å²) < 4.78 is 5.59. The number of rotatable bonds is 5. The monoisotopic (exact) mass is 565 g/mol. The van der Waals surface area contributed by atoms with E-state index >= 15 is 0 Å². The highest BCUT2D eigenvalue weighted by atomic mass is 32.1. The number of piperidine rings is 1. The molecule has 40 heavy (non-hydrogen) atoms. The van der Waals surface area contributed by atoms with Gasteiger partial charge in [-0.3, -0.25) is 19.3 Å². The second-order valence-electron chi connectivity index (χ2n) is 11.2. The number of fused-ring (bicyclic) bond motifs is 1. The SMILES string of the molecule is Cc1cnc(NC(=O)CN2CC[C@@H]3NC(=O)[C@H](Cc4ccccc4)NC(=O)C4(CC=CC[C@H]3C2)CCOCC4)s1. The van der Waals surface area contributed by atoms with E-state index in [0.29, 0.717) is 57.1 Å². The number of benzene rings is 1. The number of hydrogen-bond donors (Lipinski definition) is 3. The van der Waals surface area contributed by atoms with Gasteiger partial charge in [0.05, 0.1) is 12.0 Å². The third kappa shape index (κ3) is 7.16. The van der Waals surface area contributed by atoms with Crippen molar-refractivity contribution < 1.29 is 19.1 Å². The Morgan fingerprint density at radius 3 is 2.73 bits per heavy atom. The molecule has 0 bridgehead atoms. The standard InChI is InChI=1S/C30H39N5O4S/c1-21-18-31-29(40-21)34-26(36)20-35-14-10-24-23(19-35)9-5-6-11-30(12-15-39-16-13-30)28(38)33-25(27(37)32-24)17-22-7-3-2-4-8-22/h2-8,18,23-25H,9-17,19-20H2,1H3,(H,32,37)(H,33,38)(H,31,34,36)/t23-,24-,25-/m0/s1. The zero-order valence-corrected chi connectivity index (χ0v) is 23.9. The Balaban J connectivity index is 1.32. The summed E-state index contributed by atoms with van der Waals surface area (Å²) in [6.45, 7) is 4.74. The highest BCUT2D eigenvalue weighted by Gasteiger charge is 2.41. The van der Waals surface area contributed by atoms with Crippen molar-refractivity contribution in [1.29, 1.82) is 0 Å². The lowest BCUT2D eigenvalue weighted by Crippen LogP contribution is -2.58. The predicted octanol–water partition coefficient (Wildman–Crippen LogP) is 3.07. The molecule has 4 heterocycles. The van der Waals surface area contributed by atoms with Gasteiger partial charge in [-0.2, -0.15) is 0 Å². The molecule has 3 atom stereocenters. The van der Waals surface area contributed by atoms with Gasteiger partial charge in [0.2, 0.25) is 17.7 Å². The van der Waals surface area contributed by atoms with E-state index in [1.165, 1.54) is 11.3 Å². The number of nitrogens with zero attached hydrogens (tertiary/aromatic N) is 2. The molecule has 3 aliphatic heterocycles. The number of aryl methyl sites for hydroxylation is 1. The fourth-order valence-electron chi connectivity index (χ4n) is 5.97. The van der Waals surface area contributed by atoms with Gasteiger partial charge >= 0.3 is 0 Å². The maximum Gasteiger partial charge on any atom is 0.243 e. The van der Waals surface area contributed by atoms with E-state index in [9.17, 15) is 14.4 Å². The van der Waals surface area contributed by atoms with E-state index < -0.39 is 11.5 Å². The number of thiazole rings is 1. The lowest BCUT2D eigenvalue weighted by Gasteiger charge is -2.40. The molecule has 1 aromatic heterocycles. The molecule has 9 nitrogen and oxygen atoms in total. The Labute approximate surface area is 239 Å². The predicted molar refractivity (Wildman–Crippen MR) is 155 cm³/mol. The quantitative estimate of drug-likeness (QED) is 0.481. The topological polar surface area (TPSA) is 113 Å². The first-order chi connectivity index (χ1) is 19.4. The summed E-state index contributed by atoms with van der Waals surface area (Å²) in [4.78, 5) is 47.6. The molecule has 5 rings (SSSR count). The van der Waals surface area contributed by atoms with Gasteiger partial charge in [0.15, 0.2) is 5.13 Å². The van der Waals surface area contributed by atoms with Crippen molar-refractivity contribution in [3.05, 3.63) is 59.1 Å². The molecule has 10 heteroatoms. The number of allylic oxidation sites excluding steroid dienone is 2. The number of carbonyl (C=O) groups is 3. The molecule has 2 fully saturated rings. The first-order valence-electron chi connectivity index (χ1n) is 14.2. The molecule has 0 aliphatic carbocycles. The Kier molecular flexibility index (Phi) is 9.29. The highest BCUT2D eigenvalue weighted by molar-refractivity contribution is 7.15. The number of likely N-dealkylation sites (tertiary alicyclic amines) is 1. The van der Waals surface area contributed by atoms with Crippen LogP contribution in [0.4, 0.5) is 5.13 Å². The zero-order valence-electron chi connectivity index (χ0n) is 23.1. The van der Waals surface area contributed by atoms with Gasteiger partial charge in [0.25, 0.3) is 0 Å². The number of nitrogens with one attached hydrogen (secondary N) is 3.